The fraction of sp³-hybridized carbons (Fsp3) is 0.727. The van der Waals surface area contributed by atoms with E-state index in [0.717, 1.165) is 16.7 Å². The van der Waals surface area contributed by atoms with Crippen LogP contribution in [0, 0.1) is 0 Å². The summed E-state index contributed by atoms with van der Waals surface area (Å²) in [6, 6.07) is 0. The maximum atomic E-state index is 5.66. The molecule has 90 valence electrons. The molecule has 1 heterocycles. The molecule has 1 aromatic rings. The molecule has 1 aliphatic rings. The average molecular weight is 240 g/mol. The molecule has 0 bridgehead atoms. The minimum absolute atomic E-state index is 0.306. The Hall–Kier alpha value is -0.810. The van der Waals surface area contributed by atoms with Gasteiger partial charge in [0.25, 0.3) is 0 Å². The molecule has 5 heteroatoms. The second kappa shape index (κ2) is 4.59. The van der Waals surface area contributed by atoms with E-state index in [2.05, 4.69) is 29.3 Å². The summed E-state index contributed by atoms with van der Waals surface area (Å²) in [7, 11) is 4.34. The fourth-order valence-corrected chi connectivity index (χ4v) is 3.00. The summed E-state index contributed by atoms with van der Waals surface area (Å²) in [6.07, 6.45) is 6.92. The zero-order chi connectivity index (χ0) is 11.6. The van der Waals surface area contributed by atoms with Crippen molar-refractivity contribution in [3.05, 3.63) is 6.20 Å². The maximum absolute atomic E-state index is 5.66. The number of likely N-dealkylation sites (N-methyl/N-ethyl adjacent to an activating group) is 1. The number of nitrogen functional groups attached to an aromatic ring is 1. The normalized spacial score (nSPS) is 19.2. The molecule has 0 aliphatic heterocycles. The Bertz CT molecular complexity index is 342. The van der Waals surface area contributed by atoms with Crippen LogP contribution in [0.2, 0.25) is 0 Å². The van der Waals surface area contributed by atoms with Crippen molar-refractivity contribution in [2.24, 2.45) is 0 Å². The molecule has 0 amide bonds. The predicted octanol–water partition coefficient (Wildman–Crippen LogP) is 2.01. The first-order valence-corrected chi connectivity index (χ1v) is 6.57. The van der Waals surface area contributed by atoms with Gasteiger partial charge >= 0.3 is 0 Å². The van der Waals surface area contributed by atoms with E-state index in [9.17, 15) is 0 Å². The molecule has 1 aromatic heterocycles. The highest BCUT2D eigenvalue weighted by Gasteiger charge is 2.35. The third-order valence-electron chi connectivity index (χ3n) is 3.58. The first-order chi connectivity index (χ1) is 7.62. The molecule has 1 fully saturated rings. The molecular formula is C11H20N4S. The second-order valence-corrected chi connectivity index (χ2v) is 5.81. The zero-order valence-electron chi connectivity index (χ0n) is 9.99. The summed E-state index contributed by atoms with van der Waals surface area (Å²) in [6.45, 7) is 0.965. The Kier molecular flexibility index (Phi) is 3.35. The highest BCUT2D eigenvalue weighted by Crippen LogP contribution is 2.34. The van der Waals surface area contributed by atoms with Gasteiger partial charge in [-0.05, 0) is 26.9 Å². The van der Waals surface area contributed by atoms with Gasteiger partial charge in [-0.15, -0.1) is 0 Å². The van der Waals surface area contributed by atoms with Crippen molar-refractivity contribution in [3.63, 3.8) is 0 Å². The van der Waals surface area contributed by atoms with Gasteiger partial charge in [-0.25, -0.2) is 4.98 Å². The minimum atomic E-state index is 0.306. The minimum Gasteiger partial charge on any atom is -0.389 e. The van der Waals surface area contributed by atoms with E-state index in [-0.39, 0.29) is 0 Å². The van der Waals surface area contributed by atoms with Crippen molar-refractivity contribution < 1.29 is 0 Å². The number of hydrogen-bond donors (Lipinski definition) is 2. The summed E-state index contributed by atoms with van der Waals surface area (Å²) in [4.78, 5) is 6.58. The molecule has 3 N–H and O–H groups in total. The lowest BCUT2D eigenvalue weighted by Gasteiger charge is -2.36. The van der Waals surface area contributed by atoms with Crippen LogP contribution in [0.4, 0.5) is 10.1 Å². The lowest BCUT2D eigenvalue weighted by atomic mass is 9.96. The Labute approximate surface area is 101 Å². The molecular weight excluding hydrogens is 220 g/mol. The third kappa shape index (κ3) is 2.30. The number of thiazole rings is 1. The lowest BCUT2D eigenvalue weighted by Crippen LogP contribution is -2.47. The molecule has 1 saturated carbocycles. The monoisotopic (exact) mass is 240 g/mol. The van der Waals surface area contributed by atoms with Gasteiger partial charge in [0.15, 0.2) is 5.13 Å². The molecule has 1 aliphatic carbocycles. The van der Waals surface area contributed by atoms with Crippen molar-refractivity contribution in [3.8, 4) is 0 Å². The molecule has 4 nitrogen and oxygen atoms in total. The lowest BCUT2D eigenvalue weighted by molar-refractivity contribution is 0.172. The van der Waals surface area contributed by atoms with Crippen LogP contribution in [0.3, 0.4) is 0 Å². The number of hydrogen-bond acceptors (Lipinski definition) is 5. The molecule has 0 saturated heterocycles. The Morgan fingerprint density at radius 2 is 2.19 bits per heavy atom. The summed E-state index contributed by atoms with van der Waals surface area (Å²) >= 11 is 1.52. The Morgan fingerprint density at radius 3 is 2.69 bits per heavy atom. The fourth-order valence-electron chi connectivity index (χ4n) is 2.42. The van der Waals surface area contributed by atoms with Crippen molar-refractivity contribution in [1.82, 2.24) is 9.88 Å². The standard InChI is InChI=1S/C11H20N4S/c1-15(2)11(5-3-4-6-11)8-14-10-13-7-9(12)16-10/h7H,3-6,8,12H2,1-2H3,(H,13,14). The largest absolute Gasteiger partial charge is 0.389 e. The van der Waals surface area contributed by atoms with Crippen LogP contribution < -0.4 is 11.1 Å². The van der Waals surface area contributed by atoms with E-state index in [1.165, 1.54) is 37.0 Å². The number of nitrogens with zero attached hydrogens (tertiary/aromatic N) is 2. The van der Waals surface area contributed by atoms with Crippen LogP contribution in [0.5, 0.6) is 0 Å². The van der Waals surface area contributed by atoms with Crippen LogP contribution in [-0.4, -0.2) is 36.1 Å². The molecule has 0 unspecified atom stereocenters. The van der Waals surface area contributed by atoms with Gasteiger partial charge in [0.2, 0.25) is 0 Å². The van der Waals surface area contributed by atoms with Gasteiger partial charge in [0.05, 0.1) is 6.20 Å². The van der Waals surface area contributed by atoms with Gasteiger partial charge in [0, 0.05) is 12.1 Å². The Morgan fingerprint density at radius 1 is 1.50 bits per heavy atom. The quantitative estimate of drug-likeness (QED) is 0.845. The summed E-state index contributed by atoms with van der Waals surface area (Å²) in [5, 5.41) is 5.12. The summed E-state index contributed by atoms with van der Waals surface area (Å²) in [5.41, 5.74) is 5.97. The average Bonchev–Trinajstić information content (AvgIpc) is 2.84. The van der Waals surface area contributed by atoms with E-state index >= 15 is 0 Å². The van der Waals surface area contributed by atoms with Gasteiger partial charge < -0.3 is 16.0 Å². The van der Waals surface area contributed by atoms with Gasteiger partial charge in [-0.2, -0.15) is 0 Å². The molecule has 2 rings (SSSR count). The Balaban J connectivity index is 1.97. The van der Waals surface area contributed by atoms with Gasteiger partial charge in [0.1, 0.15) is 5.00 Å². The highest BCUT2D eigenvalue weighted by atomic mass is 32.1. The number of nitrogens with two attached hydrogens (primary N) is 1. The zero-order valence-corrected chi connectivity index (χ0v) is 10.8. The van der Waals surface area contributed by atoms with E-state index in [0.29, 0.717) is 5.54 Å². The van der Waals surface area contributed by atoms with Crippen LogP contribution >= 0.6 is 11.3 Å². The molecule has 0 radical (unpaired) electrons. The van der Waals surface area contributed by atoms with Crippen LogP contribution in [0.25, 0.3) is 0 Å². The third-order valence-corrected chi connectivity index (χ3v) is 4.36. The van der Waals surface area contributed by atoms with E-state index in [4.69, 9.17) is 5.73 Å². The number of aromatic nitrogens is 1. The van der Waals surface area contributed by atoms with Crippen LogP contribution in [-0.2, 0) is 0 Å². The van der Waals surface area contributed by atoms with Crippen LogP contribution in [0.1, 0.15) is 25.7 Å². The van der Waals surface area contributed by atoms with E-state index in [1.54, 1.807) is 6.20 Å². The van der Waals surface area contributed by atoms with Gasteiger partial charge in [-0.1, -0.05) is 24.2 Å². The van der Waals surface area contributed by atoms with E-state index < -0.39 is 0 Å². The highest BCUT2D eigenvalue weighted by molar-refractivity contribution is 7.19. The van der Waals surface area contributed by atoms with E-state index in [1.807, 2.05) is 0 Å². The number of nitrogens with one attached hydrogen (secondary N) is 1. The van der Waals surface area contributed by atoms with Crippen molar-refractivity contribution in [2.45, 2.75) is 31.2 Å². The summed E-state index contributed by atoms with van der Waals surface area (Å²) in [5.74, 6) is 0. The predicted molar refractivity (Wildman–Crippen MR) is 69.9 cm³/mol. The smallest absolute Gasteiger partial charge is 0.184 e. The summed E-state index contributed by atoms with van der Waals surface area (Å²) < 4.78 is 0. The van der Waals surface area contributed by atoms with Crippen LogP contribution in [0.15, 0.2) is 6.20 Å². The molecule has 0 atom stereocenters. The van der Waals surface area contributed by atoms with Crippen molar-refractivity contribution >= 4 is 21.5 Å². The van der Waals surface area contributed by atoms with Crippen molar-refractivity contribution in [2.75, 3.05) is 31.7 Å². The number of rotatable bonds is 4. The SMILES string of the molecule is CN(C)C1(CNc2ncc(N)s2)CCCC1. The number of anilines is 2. The molecule has 16 heavy (non-hydrogen) atoms. The second-order valence-electron chi connectivity index (χ2n) is 4.75. The van der Waals surface area contributed by atoms with Gasteiger partial charge in [-0.3, -0.25) is 0 Å². The first kappa shape index (κ1) is 11.7. The molecule has 0 spiro atoms. The first-order valence-electron chi connectivity index (χ1n) is 5.75. The molecule has 0 aromatic carbocycles. The topological polar surface area (TPSA) is 54.2 Å². The maximum Gasteiger partial charge on any atom is 0.184 e. The van der Waals surface area contributed by atoms with Crippen molar-refractivity contribution in [1.29, 1.82) is 0 Å².